The van der Waals surface area contributed by atoms with E-state index in [0.717, 1.165) is 117 Å². The lowest BCUT2D eigenvalue weighted by Crippen LogP contribution is -2.27. The smallest absolute Gasteiger partial charge is 0.103 e. The van der Waals surface area contributed by atoms with Crippen molar-refractivity contribution in [3.8, 4) is 68.0 Å². The quantitative estimate of drug-likeness (QED) is 0.167. The lowest BCUT2D eigenvalue weighted by Gasteiger charge is -2.35. The minimum absolute atomic E-state index is 0.381. The third-order valence-corrected chi connectivity index (χ3v) is 16.0. The highest BCUT2D eigenvalue weighted by Gasteiger charge is 2.60. The van der Waals surface area contributed by atoms with Gasteiger partial charge in [0.1, 0.15) is 12.1 Å². The van der Waals surface area contributed by atoms with E-state index in [-0.39, 0.29) is 0 Å². The van der Waals surface area contributed by atoms with Gasteiger partial charge in [-0.2, -0.15) is 10.5 Å². The molecule has 4 heteroatoms. The minimum Gasteiger partial charge on any atom is -0.308 e. The minimum atomic E-state index is -0.499. The molecule has 0 saturated carbocycles. The highest BCUT2D eigenvalue weighted by Crippen LogP contribution is 2.67. The van der Waals surface area contributed by atoms with E-state index in [1.165, 1.54) is 11.1 Å². The van der Waals surface area contributed by atoms with E-state index in [1.807, 2.05) is 0 Å². The first-order chi connectivity index (χ1) is 34.9. The van der Waals surface area contributed by atoms with E-state index in [9.17, 15) is 10.5 Å². The van der Waals surface area contributed by atoms with Crippen molar-refractivity contribution < 1.29 is 0 Å². The van der Waals surface area contributed by atoms with Crippen LogP contribution in [0.25, 0.3) is 99.5 Å². The van der Waals surface area contributed by atoms with Crippen LogP contribution in [-0.2, 0) is 10.8 Å². The largest absolute Gasteiger partial charge is 0.308 e. The van der Waals surface area contributed by atoms with Gasteiger partial charge in [0, 0.05) is 32.4 Å². The van der Waals surface area contributed by atoms with Crippen molar-refractivity contribution in [1.29, 1.82) is 10.5 Å². The number of nitriles is 2. The van der Waals surface area contributed by atoms with Crippen LogP contribution in [0.3, 0.4) is 0 Å². The number of rotatable bonds is 6. The predicted molar refractivity (Wildman–Crippen MR) is 290 cm³/mol. The summed E-state index contributed by atoms with van der Waals surface area (Å²) in [5, 5.41) is 28.3. The fourth-order valence-corrected chi connectivity index (χ4v) is 13.0. The van der Waals surface area contributed by atoms with Crippen LogP contribution < -0.4 is 0 Å². The third kappa shape index (κ3) is 5.71. The molecule has 2 atom stereocenters. The van der Waals surface area contributed by atoms with E-state index in [4.69, 9.17) is 0 Å². The van der Waals surface area contributed by atoms with Crippen LogP contribution in [0.5, 0.6) is 0 Å². The van der Waals surface area contributed by atoms with Gasteiger partial charge in [-0.1, -0.05) is 184 Å². The Morgan fingerprint density at radius 3 is 0.873 bits per heavy atom. The Morgan fingerprint density at radius 2 is 0.606 bits per heavy atom. The van der Waals surface area contributed by atoms with Gasteiger partial charge in [0.05, 0.1) is 44.6 Å². The predicted octanol–water partition coefficient (Wildman–Crippen LogP) is 16.6. The molecule has 2 unspecified atom stereocenters. The zero-order valence-corrected chi connectivity index (χ0v) is 39.3. The highest BCUT2D eigenvalue weighted by molar-refractivity contribution is 6.14. The molecule has 2 bridgehead atoms. The van der Waals surface area contributed by atoms with Crippen molar-refractivity contribution in [3.63, 3.8) is 0 Å². The second kappa shape index (κ2) is 15.1. The number of hydrogen-bond acceptors (Lipinski definition) is 2. The molecular weight excluding hydrogens is 861 g/mol. The van der Waals surface area contributed by atoms with Gasteiger partial charge in [-0.25, -0.2) is 0 Å². The van der Waals surface area contributed by atoms with E-state index >= 15 is 0 Å². The Kier molecular flexibility index (Phi) is 8.70. The normalized spacial score (nSPS) is 16.6. The maximum Gasteiger partial charge on any atom is 0.103 e. The molecule has 0 aliphatic heterocycles. The number of benzene rings is 10. The van der Waals surface area contributed by atoms with Gasteiger partial charge >= 0.3 is 0 Å². The van der Waals surface area contributed by atoms with Gasteiger partial charge in [0.25, 0.3) is 0 Å². The molecule has 0 N–H and O–H groups in total. The number of hydrogen-bond donors (Lipinski definition) is 0. The van der Waals surface area contributed by atoms with E-state index in [0.29, 0.717) is 11.1 Å². The molecule has 4 nitrogen and oxygen atoms in total. The molecule has 0 fully saturated rings. The summed E-state index contributed by atoms with van der Waals surface area (Å²) in [6, 6.07) is 83.4. The zero-order chi connectivity index (χ0) is 47.6. The monoisotopic (exact) mass is 904 g/mol. The summed E-state index contributed by atoms with van der Waals surface area (Å²) in [5.74, 6) is 0. The Labute approximate surface area is 412 Å². The first-order valence-electron chi connectivity index (χ1n) is 24.4. The second-order valence-electron chi connectivity index (χ2n) is 19.9. The maximum absolute atomic E-state index is 12.0. The van der Waals surface area contributed by atoms with Crippen LogP contribution in [0.4, 0.5) is 0 Å². The van der Waals surface area contributed by atoms with E-state index in [2.05, 4.69) is 254 Å². The molecular formula is C67H44N4. The Hall–Kier alpha value is -9.22. The van der Waals surface area contributed by atoms with Crippen LogP contribution in [-0.4, -0.2) is 9.13 Å². The Morgan fingerprint density at radius 1 is 0.338 bits per heavy atom. The molecule has 0 radical (unpaired) electrons. The fraction of sp³-hybridized carbons (Fsp3) is 0.0746. The van der Waals surface area contributed by atoms with Gasteiger partial charge in [-0.15, -0.1) is 0 Å². The second-order valence-corrected chi connectivity index (χ2v) is 19.9. The molecule has 0 saturated heterocycles. The van der Waals surface area contributed by atoms with Gasteiger partial charge in [-0.3, -0.25) is 0 Å². The number of nitrogens with zero attached hydrogens (tertiary/aromatic N) is 4. The van der Waals surface area contributed by atoms with Crippen LogP contribution >= 0.6 is 0 Å². The van der Waals surface area contributed by atoms with Gasteiger partial charge in [0.2, 0.25) is 0 Å². The molecule has 14 rings (SSSR count). The molecule has 12 aromatic rings. The van der Waals surface area contributed by atoms with Crippen LogP contribution in [0, 0.1) is 22.7 Å². The van der Waals surface area contributed by atoms with Crippen molar-refractivity contribution in [2.24, 2.45) is 0 Å². The molecule has 2 aromatic heterocycles. The molecule has 2 heterocycles. The lowest BCUT2D eigenvalue weighted by atomic mass is 9.71. The average Bonchev–Trinajstić information content (AvgIpc) is 4.13. The molecule has 2 aliphatic rings. The van der Waals surface area contributed by atoms with Crippen molar-refractivity contribution in [3.05, 3.63) is 252 Å². The van der Waals surface area contributed by atoms with E-state index < -0.39 is 10.8 Å². The summed E-state index contributed by atoms with van der Waals surface area (Å²) in [7, 11) is 0. The first-order valence-corrected chi connectivity index (χ1v) is 24.4. The van der Waals surface area contributed by atoms with Gasteiger partial charge in [-0.05, 0) is 122 Å². The zero-order valence-electron chi connectivity index (χ0n) is 39.3. The lowest BCUT2D eigenvalue weighted by molar-refractivity contribution is 0.510. The summed E-state index contributed by atoms with van der Waals surface area (Å²) in [5.41, 5.74) is 19.1. The standard InChI is InChI=1S/C67H44N4/c1-66-41-67(2,57-26-16-15-25-56(57)66)63-62(66)64(70-58-31-27-46(42-17-7-3-8-18-42)35-50(58)51-36-47(28-32-59(51)70)43-19-9-4-10-20-43)54(39-68)55(40-69)65(63)71-60-33-29-48(44-21-11-5-12-22-44)37-52(60)53-38-49(30-34-61(53)71)45-23-13-6-14-24-45/h3-38H,41H2,1-2H3. The average molecular weight is 905 g/mol. The third-order valence-electron chi connectivity index (χ3n) is 16.0. The highest BCUT2D eigenvalue weighted by atomic mass is 15.0. The van der Waals surface area contributed by atoms with Gasteiger partial charge in [0.15, 0.2) is 0 Å². The Bertz CT molecular complexity index is 3810. The molecule has 0 amide bonds. The summed E-state index contributed by atoms with van der Waals surface area (Å²) >= 11 is 0. The Balaban J connectivity index is 1.14. The van der Waals surface area contributed by atoms with Crippen molar-refractivity contribution in [2.45, 2.75) is 31.1 Å². The van der Waals surface area contributed by atoms with E-state index in [1.54, 1.807) is 0 Å². The first kappa shape index (κ1) is 40.8. The number of fused-ring (bicyclic) bond motifs is 14. The van der Waals surface area contributed by atoms with Crippen LogP contribution in [0.2, 0.25) is 0 Å². The van der Waals surface area contributed by atoms with Crippen LogP contribution in [0.1, 0.15) is 53.6 Å². The molecule has 332 valence electrons. The maximum atomic E-state index is 12.0. The van der Waals surface area contributed by atoms with Gasteiger partial charge < -0.3 is 9.13 Å². The summed E-state index contributed by atoms with van der Waals surface area (Å²) in [4.78, 5) is 0. The summed E-state index contributed by atoms with van der Waals surface area (Å²) < 4.78 is 4.66. The number of aromatic nitrogens is 2. The van der Waals surface area contributed by atoms with Crippen molar-refractivity contribution in [2.75, 3.05) is 0 Å². The molecule has 0 spiro atoms. The van der Waals surface area contributed by atoms with Crippen LogP contribution in [0.15, 0.2) is 218 Å². The fourth-order valence-electron chi connectivity index (χ4n) is 13.0. The van der Waals surface area contributed by atoms with Crippen molar-refractivity contribution >= 4 is 43.6 Å². The molecule has 71 heavy (non-hydrogen) atoms. The van der Waals surface area contributed by atoms with Crippen molar-refractivity contribution in [1.82, 2.24) is 9.13 Å². The SMILES string of the molecule is CC12CC(C)(c3ccccc31)c1c(-n3c4ccc(-c5ccccc5)cc4c4cc(-c5ccccc5)ccc43)c(C#N)c(C#N)c(-n3c4ccc(-c5ccccc5)cc4c4cc(-c5ccccc5)ccc43)c12. The summed E-state index contributed by atoms with van der Waals surface area (Å²) in [6.45, 7) is 4.75. The molecule has 2 aliphatic carbocycles. The topological polar surface area (TPSA) is 57.4 Å². The summed E-state index contributed by atoms with van der Waals surface area (Å²) in [6.07, 6.45) is 0.801. The molecule has 10 aromatic carbocycles.